The van der Waals surface area contributed by atoms with Gasteiger partial charge in [-0.05, 0) is 60.4 Å². The molecule has 1 unspecified atom stereocenters. The van der Waals surface area contributed by atoms with Gasteiger partial charge in [0.05, 0.1) is 28.4 Å². The van der Waals surface area contributed by atoms with E-state index in [0.717, 1.165) is 36.1 Å². The highest BCUT2D eigenvalue weighted by molar-refractivity contribution is 5.77. The third-order valence-corrected chi connectivity index (χ3v) is 5.93. The number of nitrogens with zero attached hydrogens (tertiary/aromatic N) is 4. The van der Waals surface area contributed by atoms with E-state index in [0.29, 0.717) is 6.04 Å². The second-order valence-electron chi connectivity index (χ2n) is 7.79. The molecule has 1 aromatic heterocycles. The zero-order valence-corrected chi connectivity index (χ0v) is 16.4. The standard InChI is InChI=1S/C25H22N4/c1-18-12-22-13-19(14-26)10-11-20(22)15-28(18)16-21-6-2-4-8-24(21)29-17-27-23-7-3-5-9-25(23)29/h2-11,13,17-18H,12,15-16H2,1H3. The molecule has 0 saturated heterocycles. The molecular formula is C25H22N4. The Morgan fingerprint density at radius 1 is 1.03 bits per heavy atom. The van der Waals surface area contributed by atoms with Crippen molar-refractivity contribution in [3.05, 3.63) is 95.3 Å². The van der Waals surface area contributed by atoms with Gasteiger partial charge in [-0.3, -0.25) is 9.47 Å². The van der Waals surface area contributed by atoms with Crippen molar-refractivity contribution in [3.63, 3.8) is 0 Å². The van der Waals surface area contributed by atoms with Crippen LogP contribution in [-0.2, 0) is 19.5 Å². The largest absolute Gasteiger partial charge is 0.299 e. The fourth-order valence-electron chi connectivity index (χ4n) is 4.32. The van der Waals surface area contributed by atoms with Crippen molar-refractivity contribution >= 4 is 11.0 Å². The molecule has 1 atom stereocenters. The van der Waals surface area contributed by atoms with E-state index in [1.807, 2.05) is 24.5 Å². The summed E-state index contributed by atoms with van der Waals surface area (Å²) >= 11 is 0. The number of para-hydroxylation sites is 3. The summed E-state index contributed by atoms with van der Waals surface area (Å²) in [6, 6.07) is 25.6. The molecule has 1 aliphatic heterocycles. The lowest BCUT2D eigenvalue weighted by atomic mass is 9.93. The van der Waals surface area contributed by atoms with Crippen LogP contribution in [-0.4, -0.2) is 20.5 Å². The first-order chi connectivity index (χ1) is 14.2. The summed E-state index contributed by atoms with van der Waals surface area (Å²) in [5, 5.41) is 9.18. The lowest BCUT2D eigenvalue weighted by Gasteiger charge is -2.35. The number of hydrogen-bond donors (Lipinski definition) is 0. The van der Waals surface area contributed by atoms with E-state index in [2.05, 4.69) is 76.0 Å². The van der Waals surface area contributed by atoms with Crippen molar-refractivity contribution in [2.45, 2.75) is 32.5 Å². The van der Waals surface area contributed by atoms with E-state index in [4.69, 9.17) is 0 Å². The van der Waals surface area contributed by atoms with Crippen LogP contribution >= 0.6 is 0 Å². The molecule has 0 saturated carbocycles. The molecule has 1 aliphatic rings. The van der Waals surface area contributed by atoms with Crippen molar-refractivity contribution in [1.29, 1.82) is 5.26 Å². The molecule has 0 bridgehead atoms. The monoisotopic (exact) mass is 378 g/mol. The second-order valence-corrected chi connectivity index (χ2v) is 7.79. The zero-order valence-electron chi connectivity index (χ0n) is 16.4. The molecule has 2 heterocycles. The summed E-state index contributed by atoms with van der Waals surface area (Å²) in [4.78, 5) is 7.09. The number of aromatic nitrogens is 2. The van der Waals surface area contributed by atoms with Gasteiger partial charge in [-0.25, -0.2) is 4.98 Å². The molecule has 4 nitrogen and oxygen atoms in total. The first-order valence-electron chi connectivity index (χ1n) is 9.99. The highest BCUT2D eigenvalue weighted by atomic mass is 15.2. The molecule has 0 spiro atoms. The molecule has 0 fully saturated rings. The highest BCUT2D eigenvalue weighted by Gasteiger charge is 2.24. The fraction of sp³-hybridized carbons (Fsp3) is 0.200. The van der Waals surface area contributed by atoms with Crippen molar-refractivity contribution < 1.29 is 0 Å². The number of rotatable bonds is 3. The van der Waals surface area contributed by atoms with Gasteiger partial charge in [-0.1, -0.05) is 36.4 Å². The number of fused-ring (bicyclic) bond motifs is 2. The van der Waals surface area contributed by atoms with E-state index in [1.165, 1.54) is 22.4 Å². The van der Waals surface area contributed by atoms with Crippen LogP contribution in [0.15, 0.2) is 73.1 Å². The van der Waals surface area contributed by atoms with Crippen LogP contribution in [0.4, 0.5) is 0 Å². The molecule has 4 aromatic rings. The molecule has 0 aliphatic carbocycles. The Hall–Kier alpha value is -3.42. The van der Waals surface area contributed by atoms with Gasteiger partial charge in [0.15, 0.2) is 0 Å². The molecular weight excluding hydrogens is 356 g/mol. The zero-order chi connectivity index (χ0) is 19.8. The van der Waals surface area contributed by atoms with Gasteiger partial charge in [-0.2, -0.15) is 5.26 Å². The molecule has 0 radical (unpaired) electrons. The molecule has 0 amide bonds. The van der Waals surface area contributed by atoms with E-state index in [-0.39, 0.29) is 0 Å². The Kier molecular flexibility index (Phi) is 4.38. The molecule has 4 heteroatoms. The minimum absolute atomic E-state index is 0.420. The van der Waals surface area contributed by atoms with Crippen molar-refractivity contribution in [1.82, 2.24) is 14.5 Å². The Balaban J connectivity index is 1.48. The van der Waals surface area contributed by atoms with Gasteiger partial charge < -0.3 is 0 Å². The Morgan fingerprint density at radius 3 is 2.76 bits per heavy atom. The van der Waals surface area contributed by atoms with Crippen LogP contribution in [0.1, 0.15) is 29.2 Å². The Bertz CT molecular complexity index is 1230. The predicted octanol–water partition coefficient (Wildman–Crippen LogP) is 4.84. The summed E-state index contributed by atoms with van der Waals surface area (Å²) < 4.78 is 2.19. The van der Waals surface area contributed by atoms with E-state index in [1.54, 1.807) is 0 Å². The average Bonchev–Trinajstić information content (AvgIpc) is 3.18. The molecule has 142 valence electrons. The minimum atomic E-state index is 0.420. The highest BCUT2D eigenvalue weighted by Crippen LogP contribution is 2.28. The van der Waals surface area contributed by atoms with Gasteiger partial charge >= 0.3 is 0 Å². The third kappa shape index (κ3) is 3.20. The number of benzene rings is 3. The van der Waals surface area contributed by atoms with Crippen molar-refractivity contribution in [3.8, 4) is 11.8 Å². The maximum atomic E-state index is 9.18. The van der Waals surface area contributed by atoms with Crippen LogP contribution in [0.25, 0.3) is 16.7 Å². The van der Waals surface area contributed by atoms with Gasteiger partial charge in [0, 0.05) is 19.1 Å². The average molecular weight is 378 g/mol. The van der Waals surface area contributed by atoms with Gasteiger partial charge in [0.2, 0.25) is 0 Å². The first kappa shape index (κ1) is 17.7. The summed E-state index contributed by atoms with van der Waals surface area (Å²) in [6.07, 6.45) is 2.89. The normalized spacial score (nSPS) is 16.5. The van der Waals surface area contributed by atoms with Crippen LogP contribution in [0.2, 0.25) is 0 Å². The summed E-state index contributed by atoms with van der Waals surface area (Å²) in [6.45, 7) is 4.06. The predicted molar refractivity (Wildman–Crippen MR) is 115 cm³/mol. The maximum absolute atomic E-state index is 9.18. The third-order valence-electron chi connectivity index (χ3n) is 5.93. The van der Waals surface area contributed by atoms with Crippen LogP contribution in [0, 0.1) is 11.3 Å². The quantitative estimate of drug-likeness (QED) is 0.512. The summed E-state index contributed by atoms with van der Waals surface area (Å²) in [5.74, 6) is 0. The number of hydrogen-bond acceptors (Lipinski definition) is 3. The topological polar surface area (TPSA) is 44.9 Å². The molecule has 0 N–H and O–H groups in total. The first-order valence-corrected chi connectivity index (χ1v) is 9.99. The summed E-state index contributed by atoms with van der Waals surface area (Å²) in [7, 11) is 0. The Morgan fingerprint density at radius 2 is 1.86 bits per heavy atom. The molecule has 29 heavy (non-hydrogen) atoms. The van der Waals surface area contributed by atoms with Crippen LogP contribution in [0.3, 0.4) is 0 Å². The van der Waals surface area contributed by atoms with Gasteiger partial charge in [-0.15, -0.1) is 0 Å². The van der Waals surface area contributed by atoms with E-state index < -0.39 is 0 Å². The lowest BCUT2D eigenvalue weighted by Crippen LogP contribution is -2.38. The van der Waals surface area contributed by atoms with Crippen LogP contribution in [0.5, 0.6) is 0 Å². The van der Waals surface area contributed by atoms with E-state index in [9.17, 15) is 5.26 Å². The maximum Gasteiger partial charge on any atom is 0.100 e. The Labute approximate surface area is 170 Å². The minimum Gasteiger partial charge on any atom is -0.299 e. The van der Waals surface area contributed by atoms with Crippen molar-refractivity contribution in [2.75, 3.05) is 0 Å². The molecule has 5 rings (SSSR count). The van der Waals surface area contributed by atoms with Crippen LogP contribution < -0.4 is 0 Å². The fourth-order valence-corrected chi connectivity index (χ4v) is 4.32. The van der Waals surface area contributed by atoms with E-state index >= 15 is 0 Å². The smallest absolute Gasteiger partial charge is 0.100 e. The second kappa shape index (κ2) is 7.20. The summed E-state index contributed by atoms with van der Waals surface area (Å²) in [5.41, 5.74) is 7.99. The number of nitriles is 1. The SMILES string of the molecule is CC1Cc2cc(C#N)ccc2CN1Cc1ccccc1-n1cnc2ccccc21. The lowest BCUT2D eigenvalue weighted by molar-refractivity contribution is 0.175. The molecule has 3 aromatic carbocycles. The number of imidazole rings is 1. The van der Waals surface area contributed by atoms with Gasteiger partial charge in [0.25, 0.3) is 0 Å². The van der Waals surface area contributed by atoms with Crippen molar-refractivity contribution in [2.24, 2.45) is 0 Å². The van der Waals surface area contributed by atoms with Gasteiger partial charge in [0.1, 0.15) is 6.33 Å².